The van der Waals surface area contributed by atoms with Crippen molar-refractivity contribution in [3.8, 4) is 5.75 Å². The van der Waals surface area contributed by atoms with Crippen LogP contribution in [0.25, 0.3) is 11.3 Å². The first kappa shape index (κ1) is 25.4. The fourth-order valence-electron chi connectivity index (χ4n) is 4.31. The van der Waals surface area contributed by atoms with Crippen molar-refractivity contribution >= 4 is 50.0 Å². The van der Waals surface area contributed by atoms with Gasteiger partial charge in [-0.15, -0.1) is 11.3 Å². The summed E-state index contributed by atoms with van der Waals surface area (Å²) in [5.41, 5.74) is 0.372. The maximum absolute atomic E-state index is 13.1. The number of para-hydroxylation sites is 1. The number of phenols is 1. The quantitative estimate of drug-likeness (QED) is 0.277. The maximum Gasteiger partial charge on any atom is 0.246 e. The van der Waals surface area contributed by atoms with E-state index in [1.807, 2.05) is 0 Å². The minimum Gasteiger partial charge on any atom is -0.504 e. The first-order chi connectivity index (χ1) is 17.5. The third kappa shape index (κ3) is 4.98. The van der Waals surface area contributed by atoms with Gasteiger partial charge in [-0.25, -0.2) is 23.0 Å². The number of thiophene rings is 1. The zero-order valence-corrected chi connectivity index (χ0v) is 22.7. The van der Waals surface area contributed by atoms with Crippen molar-refractivity contribution in [1.29, 1.82) is 0 Å². The van der Waals surface area contributed by atoms with Gasteiger partial charge in [0.05, 0.1) is 11.7 Å². The summed E-state index contributed by atoms with van der Waals surface area (Å²) in [6.45, 7) is 9.29. The molecule has 1 saturated heterocycles. The van der Waals surface area contributed by atoms with Gasteiger partial charge in [0.15, 0.2) is 17.4 Å². The minimum absolute atomic E-state index is 0.131. The molecule has 0 saturated carbocycles. The molecule has 196 valence electrons. The lowest BCUT2D eigenvalue weighted by Gasteiger charge is -2.31. The second-order valence-corrected chi connectivity index (χ2v) is 13.3. The molecule has 4 heterocycles. The highest BCUT2D eigenvalue weighted by atomic mass is 32.2. The van der Waals surface area contributed by atoms with Crippen LogP contribution in [0, 0.1) is 12.3 Å². The Morgan fingerprint density at radius 2 is 1.73 bits per heavy atom. The number of hydrogen-bond acceptors (Lipinski definition) is 11. The number of aromatic hydroxyl groups is 1. The summed E-state index contributed by atoms with van der Waals surface area (Å²) in [6, 6.07) is 8.58. The maximum atomic E-state index is 13.1. The van der Waals surface area contributed by atoms with Gasteiger partial charge in [-0.1, -0.05) is 26.8 Å². The number of benzene rings is 1. The highest BCUT2D eigenvalue weighted by Crippen LogP contribution is 2.41. The molecule has 1 atom stereocenters. The molecule has 4 aromatic rings. The highest BCUT2D eigenvalue weighted by Gasteiger charge is 2.32. The van der Waals surface area contributed by atoms with Crippen LogP contribution in [-0.2, 0) is 10.0 Å². The zero-order valence-electron chi connectivity index (χ0n) is 21.0. The van der Waals surface area contributed by atoms with Crippen molar-refractivity contribution in [2.75, 3.05) is 23.7 Å². The first-order valence-corrected chi connectivity index (χ1v) is 14.2. The van der Waals surface area contributed by atoms with Crippen LogP contribution >= 0.6 is 11.3 Å². The minimum atomic E-state index is -3.84. The van der Waals surface area contributed by atoms with Crippen molar-refractivity contribution in [1.82, 2.24) is 24.6 Å². The zero-order chi connectivity index (χ0) is 26.4. The molecule has 1 aromatic carbocycles. The van der Waals surface area contributed by atoms with Crippen LogP contribution in [0.2, 0.25) is 0 Å². The molecular formula is C24H29N7O4S2. The summed E-state index contributed by atoms with van der Waals surface area (Å²) < 4.78 is 32.5. The van der Waals surface area contributed by atoms with Crippen LogP contribution in [0.5, 0.6) is 5.75 Å². The van der Waals surface area contributed by atoms with Crippen LogP contribution in [0.1, 0.15) is 49.4 Å². The van der Waals surface area contributed by atoms with Gasteiger partial charge >= 0.3 is 0 Å². The van der Waals surface area contributed by atoms with E-state index in [0.29, 0.717) is 18.9 Å². The first-order valence-electron chi connectivity index (χ1n) is 12.0. The molecule has 11 nitrogen and oxygen atoms in total. The molecule has 0 spiro atoms. The summed E-state index contributed by atoms with van der Waals surface area (Å²) in [5.74, 6) is 0.222. The number of rotatable bonds is 7. The number of sulfonamides is 1. The Balaban J connectivity index is 1.55. The lowest BCUT2D eigenvalue weighted by Crippen LogP contribution is -2.28. The number of nitrogens with zero attached hydrogens (tertiary/aromatic N) is 5. The van der Waals surface area contributed by atoms with Crippen LogP contribution in [0.4, 0.5) is 17.3 Å². The normalized spacial score (nSPS) is 15.8. The topological polar surface area (TPSA) is 146 Å². The predicted molar refractivity (Wildman–Crippen MR) is 142 cm³/mol. The molecule has 3 N–H and O–H groups in total. The molecule has 0 radical (unpaired) electrons. The van der Waals surface area contributed by atoms with E-state index in [9.17, 15) is 13.5 Å². The number of fused-ring (bicyclic) bond motifs is 1. The second-order valence-electron chi connectivity index (χ2n) is 10.1. The van der Waals surface area contributed by atoms with E-state index < -0.39 is 10.0 Å². The van der Waals surface area contributed by atoms with E-state index in [1.165, 1.54) is 15.2 Å². The van der Waals surface area contributed by atoms with Gasteiger partial charge in [0.2, 0.25) is 21.3 Å². The van der Waals surface area contributed by atoms with Crippen molar-refractivity contribution < 1.29 is 18.2 Å². The molecule has 0 amide bonds. The van der Waals surface area contributed by atoms with Gasteiger partial charge in [0, 0.05) is 22.8 Å². The van der Waals surface area contributed by atoms with Crippen molar-refractivity contribution in [3.05, 3.63) is 40.1 Å². The SMILES string of the molecule is Cc1ccc([C@H](Nc2nc3nonc3nc2Nc2cccc(S(=O)(=O)N3CCCC3)c2O)C(C)(C)C)s1. The van der Waals surface area contributed by atoms with Crippen molar-refractivity contribution in [3.63, 3.8) is 0 Å². The highest BCUT2D eigenvalue weighted by molar-refractivity contribution is 7.89. The van der Waals surface area contributed by atoms with E-state index in [0.717, 1.165) is 17.7 Å². The van der Waals surface area contributed by atoms with Gasteiger partial charge in [-0.3, -0.25) is 0 Å². The Morgan fingerprint density at radius 1 is 1.05 bits per heavy atom. The number of aryl methyl sites for hydroxylation is 1. The van der Waals surface area contributed by atoms with Crippen LogP contribution < -0.4 is 10.6 Å². The van der Waals surface area contributed by atoms with E-state index in [-0.39, 0.29) is 44.9 Å². The molecule has 5 rings (SSSR count). The summed E-state index contributed by atoms with van der Waals surface area (Å²) in [7, 11) is -3.84. The molecule has 1 fully saturated rings. The fourth-order valence-corrected chi connectivity index (χ4v) is 7.11. The molecule has 0 bridgehead atoms. The molecule has 0 aliphatic carbocycles. The smallest absolute Gasteiger partial charge is 0.246 e. The van der Waals surface area contributed by atoms with Gasteiger partial charge in [0.25, 0.3) is 0 Å². The molecule has 37 heavy (non-hydrogen) atoms. The Kier molecular flexibility index (Phi) is 6.54. The van der Waals surface area contributed by atoms with Crippen LogP contribution in [-0.4, -0.2) is 51.2 Å². The molecule has 3 aromatic heterocycles. The summed E-state index contributed by atoms with van der Waals surface area (Å²) in [4.78, 5) is 11.2. The van der Waals surface area contributed by atoms with Gasteiger partial charge in [-0.2, -0.15) is 4.31 Å². The number of nitrogens with one attached hydrogen (secondary N) is 2. The average Bonchev–Trinajstić information content (AvgIpc) is 3.60. The van der Waals surface area contributed by atoms with E-state index in [4.69, 9.17) is 4.63 Å². The third-order valence-electron chi connectivity index (χ3n) is 6.24. The number of anilines is 3. The number of aromatic nitrogens is 4. The number of phenolic OH excluding ortho intramolecular Hbond substituents is 1. The summed E-state index contributed by atoms with van der Waals surface area (Å²) in [5, 5.41) is 25.2. The molecule has 1 aliphatic heterocycles. The Bertz CT molecular complexity index is 1540. The summed E-state index contributed by atoms with van der Waals surface area (Å²) in [6.07, 6.45) is 1.60. The summed E-state index contributed by atoms with van der Waals surface area (Å²) >= 11 is 1.69. The van der Waals surface area contributed by atoms with Crippen molar-refractivity contribution in [2.45, 2.75) is 51.5 Å². The third-order valence-corrected chi connectivity index (χ3v) is 9.24. The largest absolute Gasteiger partial charge is 0.504 e. The van der Waals surface area contributed by atoms with Crippen LogP contribution in [0.15, 0.2) is 39.9 Å². The van der Waals surface area contributed by atoms with E-state index >= 15 is 0 Å². The molecule has 0 unspecified atom stereocenters. The van der Waals surface area contributed by atoms with Gasteiger partial charge in [-0.05, 0) is 59.8 Å². The van der Waals surface area contributed by atoms with E-state index in [2.05, 4.69) is 70.7 Å². The Hall–Kier alpha value is -3.29. The second kappa shape index (κ2) is 9.54. The standard InChI is InChI=1S/C24H29N7O4S2/c1-14-10-11-16(36-14)19(24(2,3)4)26-21-20(27-22-23(28-21)30-35-29-22)25-15-8-7-9-17(18(15)32)37(33,34)31-12-5-6-13-31/h7-11,19,32H,5-6,12-13H2,1-4H3,(H,25,27,29)(H,26,28,30)/t19-/m0/s1. The molecular weight excluding hydrogens is 514 g/mol. The van der Waals surface area contributed by atoms with Gasteiger partial charge < -0.3 is 15.7 Å². The van der Waals surface area contributed by atoms with Crippen LogP contribution in [0.3, 0.4) is 0 Å². The predicted octanol–water partition coefficient (Wildman–Crippen LogP) is 4.82. The van der Waals surface area contributed by atoms with E-state index in [1.54, 1.807) is 23.5 Å². The lowest BCUT2D eigenvalue weighted by atomic mass is 9.86. The Labute approximate surface area is 219 Å². The Morgan fingerprint density at radius 3 is 2.35 bits per heavy atom. The monoisotopic (exact) mass is 543 g/mol. The number of hydrogen-bond donors (Lipinski definition) is 3. The fraction of sp³-hybridized carbons (Fsp3) is 0.417. The average molecular weight is 544 g/mol. The van der Waals surface area contributed by atoms with Crippen molar-refractivity contribution in [2.24, 2.45) is 5.41 Å². The molecule has 1 aliphatic rings. The lowest BCUT2D eigenvalue weighted by molar-refractivity contribution is 0.314. The molecule has 13 heteroatoms. The van der Waals surface area contributed by atoms with Gasteiger partial charge in [0.1, 0.15) is 4.90 Å².